The van der Waals surface area contributed by atoms with Crippen molar-refractivity contribution >= 4 is 22.9 Å². The van der Waals surface area contributed by atoms with Crippen LogP contribution in [-0.4, -0.2) is 6.54 Å². The van der Waals surface area contributed by atoms with Crippen molar-refractivity contribution in [1.82, 2.24) is 5.32 Å². The van der Waals surface area contributed by atoms with E-state index in [0.29, 0.717) is 6.61 Å². The number of halogens is 2. The Hall–Kier alpha value is -1.10. The van der Waals surface area contributed by atoms with Crippen LogP contribution in [-0.2, 0) is 13.2 Å². The van der Waals surface area contributed by atoms with Gasteiger partial charge in [0.05, 0.1) is 5.02 Å². The number of benzene rings is 1. The van der Waals surface area contributed by atoms with Gasteiger partial charge in [0.25, 0.3) is 0 Å². The highest BCUT2D eigenvalue weighted by atomic mass is 35.5. The largest absolute Gasteiger partial charge is 0.486 e. The minimum atomic E-state index is -0.505. The maximum Gasteiger partial charge on any atom is 0.183 e. The van der Waals surface area contributed by atoms with E-state index in [1.165, 1.54) is 15.8 Å². The first-order valence-corrected chi connectivity index (χ1v) is 7.67. The Morgan fingerprint density at radius 3 is 2.95 bits per heavy atom. The minimum absolute atomic E-state index is 0.0809. The number of ether oxygens (including phenoxy) is 1. The van der Waals surface area contributed by atoms with Crippen molar-refractivity contribution in [1.29, 1.82) is 0 Å². The first-order chi connectivity index (χ1) is 9.61. The topological polar surface area (TPSA) is 21.3 Å². The van der Waals surface area contributed by atoms with Crippen molar-refractivity contribution in [2.75, 3.05) is 6.54 Å². The molecule has 0 unspecified atom stereocenters. The van der Waals surface area contributed by atoms with Crippen LogP contribution < -0.4 is 10.1 Å². The average molecular weight is 314 g/mol. The summed E-state index contributed by atoms with van der Waals surface area (Å²) >= 11 is 7.46. The molecule has 0 saturated carbocycles. The molecule has 0 aliphatic heterocycles. The lowest BCUT2D eigenvalue weighted by Crippen LogP contribution is -2.10. The zero-order valence-corrected chi connectivity index (χ0v) is 13.1. The van der Waals surface area contributed by atoms with E-state index in [9.17, 15) is 4.39 Å². The monoisotopic (exact) mass is 313 g/mol. The molecule has 1 aromatic carbocycles. The van der Waals surface area contributed by atoms with E-state index in [0.717, 1.165) is 18.7 Å². The minimum Gasteiger partial charge on any atom is -0.486 e. The van der Waals surface area contributed by atoms with Crippen molar-refractivity contribution in [3.05, 3.63) is 50.4 Å². The molecule has 0 amide bonds. The second-order valence-electron chi connectivity index (χ2n) is 4.42. The van der Waals surface area contributed by atoms with Crippen LogP contribution in [0.5, 0.6) is 5.75 Å². The molecular formula is C15H17ClFNOS. The molecule has 20 heavy (non-hydrogen) atoms. The van der Waals surface area contributed by atoms with Crippen LogP contribution in [0.4, 0.5) is 4.39 Å². The number of hydrogen-bond acceptors (Lipinski definition) is 3. The quantitative estimate of drug-likeness (QED) is 0.845. The average Bonchev–Trinajstić information content (AvgIpc) is 2.79. The third-order valence-electron chi connectivity index (χ3n) is 2.92. The summed E-state index contributed by atoms with van der Waals surface area (Å²) in [5.41, 5.74) is 1.09. The van der Waals surface area contributed by atoms with Gasteiger partial charge < -0.3 is 10.1 Å². The molecule has 1 heterocycles. The molecule has 0 aliphatic carbocycles. The highest BCUT2D eigenvalue weighted by Crippen LogP contribution is 2.27. The molecule has 2 aromatic rings. The van der Waals surface area contributed by atoms with Gasteiger partial charge in [-0.2, -0.15) is 0 Å². The van der Waals surface area contributed by atoms with E-state index in [4.69, 9.17) is 16.3 Å². The molecule has 0 atom stereocenters. The van der Waals surface area contributed by atoms with Crippen molar-refractivity contribution in [2.45, 2.75) is 27.0 Å². The first-order valence-electron chi connectivity index (χ1n) is 6.47. The molecule has 0 saturated heterocycles. The predicted octanol–water partition coefficient (Wildman–Crippen LogP) is 4.54. The normalized spacial score (nSPS) is 10.8. The second kappa shape index (κ2) is 7.07. The molecule has 0 aliphatic rings. The van der Waals surface area contributed by atoms with Gasteiger partial charge in [-0.05, 0) is 31.7 Å². The standard InChI is InChI=1S/C15H17ClFNOS/c1-3-18-8-12-7-11(10(2)20-12)9-19-14-6-4-5-13(16)15(14)17/h4-7,18H,3,8-9H2,1-2H3. The van der Waals surface area contributed by atoms with Gasteiger partial charge in [0, 0.05) is 21.9 Å². The summed E-state index contributed by atoms with van der Waals surface area (Å²) in [4.78, 5) is 2.45. The SMILES string of the molecule is CCNCc1cc(COc2cccc(Cl)c2F)c(C)s1. The van der Waals surface area contributed by atoms with Crippen molar-refractivity contribution in [3.8, 4) is 5.75 Å². The van der Waals surface area contributed by atoms with Crippen LogP contribution >= 0.6 is 22.9 Å². The summed E-state index contributed by atoms with van der Waals surface area (Å²) in [7, 11) is 0. The Labute approximate surface area is 127 Å². The van der Waals surface area contributed by atoms with Gasteiger partial charge in [-0.1, -0.05) is 24.6 Å². The van der Waals surface area contributed by atoms with Crippen molar-refractivity contribution in [2.24, 2.45) is 0 Å². The van der Waals surface area contributed by atoms with Gasteiger partial charge >= 0.3 is 0 Å². The summed E-state index contributed by atoms with van der Waals surface area (Å²) in [5.74, 6) is -0.314. The highest BCUT2D eigenvalue weighted by molar-refractivity contribution is 7.12. The van der Waals surface area contributed by atoms with E-state index in [-0.39, 0.29) is 10.8 Å². The van der Waals surface area contributed by atoms with Crippen molar-refractivity contribution in [3.63, 3.8) is 0 Å². The number of nitrogens with one attached hydrogen (secondary N) is 1. The number of aryl methyl sites for hydroxylation is 1. The molecule has 0 radical (unpaired) electrons. The lowest BCUT2D eigenvalue weighted by Gasteiger charge is -2.07. The van der Waals surface area contributed by atoms with Crippen LogP contribution in [0.15, 0.2) is 24.3 Å². The Morgan fingerprint density at radius 1 is 1.40 bits per heavy atom. The zero-order valence-electron chi connectivity index (χ0n) is 11.5. The molecule has 0 bridgehead atoms. The number of hydrogen-bond donors (Lipinski definition) is 1. The maximum absolute atomic E-state index is 13.7. The Kier molecular flexibility index (Phi) is 5.40. The van der Waals surface area contributed by atoms with Crippen LogP contribution in [0.3, 0.4) is 0 Å². The van der Waals surface area contributed by atoms with E-state index >= 15 is 0 Å². The molecule has 2 nitrogen and oxygen atoms in total. The smallest absolute Gasteiger partial charge is 0.183 e. The van der Waals surface area contributed by atoms with Gasteiger partial charge in [0.1, 0.15) is 6.61 Å². The lowest BCUT2D eigenvalue weighted by molar-refractivity contribution is 0.290. The van der Waals surface area contributed by atoms with E-state index < -0.39 is 5.82 Å². The Morgan fingerprint density at radius 2 is 2.20 bits per heavy atom. The summed E-state index contributed by atoms with van der Waals surface area (Å²) < 4.78 is 19.2. The Balaban J connectivity index is 2.03. The summed E-state index contributed by atoms with van der Waals surface area (Å²) in [5, 5.41) is 3.37. The van der Waals surface area contributed by atoms with Gasteiger partial charge in [0.2, 0.25) is 0 Å². The molecule has 2 rings (SSSR count). The Bertz CT molecular complexity index is 585. The van der Waals surface area contributed by atoms with Gasteiger partial charge in [-0.3, -0.25) is 0 Å². The van der Waals surface area contributed by atoms with Crippen molar-refractivity contribution < 1.29 is 9.13 Å². The molecular weight excluding hydrogens is 297 g/mol. The second-order valence-corrected chi connectivity index (χ2v) is 6.16. The summed E-state index contributed by atoms with van der Waals surface area (Å²) in [6, 6.07) is 6.87. The molecule has 0 spiro atoms. The fourth-order valence-electron chi connectivity index (χ4n) is 1.82. The molecule has 0 fully saturated rings. The summed E-state index contributed by atoms with van der Waals surface area (Å²) in [6.07, 6.45) is 0. The molecule has 5 heteroatoms. The van der Waals surface area contributed by atoms with Crippen LogP contribution in [0.2, 0.25) is 5.02 Å². The molecule has 108 valence electrons. The van der Waals surface area contributed by atoms with E-state index in [2.05, 4.69) is 18.3 Å². The maximum atomic E-state index is 13.7. The van der Waals surface area contributed by atoms with Gasteiger partial charge in [0.15, 0.2) is 11.6 Å². The molecule has 1 N–H and O–H groups in total. The van der Waals surface area contributed by atoms with Crippen LogP contribution in [0.25, 0.3) is 0 Å². The molecule has 1 aromatic heterocycles. The van der Waals surface area contributed by atoms with Crippen LogP contribution in [0.1, 0.15) is 22.2 Å². The fourth-order valence-corrected chi connectivity index (χ4v) is 3.00. The first kappa shape index (κ1) is 15.3. The number of rotatable bonds is 6. The zero-order chi connectivity index (χ0) is 14.5. The summed E-state index contributed by atoms with van der Waals surface area (Å²) in [6.45, 7) is 6.27. The number of thiophene rings is 1. The third-order valence-corrected chi connectivity index (χ3v) is 4.30. The van der Waals surface area contributed by atoms with Crippen LogP contribution in [0, 0.1) is 12.7 Å². The lowest BCUT2D eigenvalue weighted by atomic mass is 10.2. The fraction of sp³-hybridized carbons (Fsp3) is 0.333. The van der Waals surface area contributed by atoms with E-state index in [1.807, 2.05) is 6.92 Å². The van der Waals surface area contributed by atoms with Gasteiger partial charge in [-0.25, -0.2) is 4.39 Å². The predicted molar refractivity (Wildman–Crippen MR) is 82.2 cm³/mol. The van der Waals surface area contributed by atoms with Gasteiger partial charge in [-0.15, -0.1) is 11.3 Å². The van der Waals surface area contributed by atoms with E-state index in [1.54, 1.807) is 23.5 Å². The highest BCUT2D eigenvalue weighted by Gasteiger charge is 2.10. The third kappa shape index (κ3) is 3.72.